The summed E-state index contributed by atoms with van der Waals surface area (Å²) in [5, 5.41) is 8.78. The minimum Gasteiger partial charge on any atom is -0.395 e. The third kappa shape index (κ3) is 4.63. The van der Waals surface area contributed by atoms with E-state index in [1.165, 1.54) is 37.8 Å². The van der Waals surface area contributed by atoms with Crippen LogP contribution in [0.1, 0.15) is 43.2 Å². The van der Waals surface area contributed by atoms with Gasteiger partial charge in [-0.15, -0.1) is 0 Å². The number of aliphatic hydroxyl groups excluding tert-OH is 1. The molecule has 0 saturated carbocycles. The van der Waals surface area contributed by atoms with Crippen LogP contribution in [0.4, 0.5) is 4.39 Å². The maximum atomic E-state index is 13.4. The van der Waals surface area contributed by atoms with Crippen LogP contribution >= 0.6 is 0 Å². The van der Waals surface area contributed by atoms with Gasteiger partial charge in [-0.2, -0.15) is 0 Å². The van der Waals surface area contributed by atoms with Gasteiger partial charge in [0.05, 0.1) is 6.61 Å². The number of nitrogens with zero attached hydrogens (tertiary/aromatic N) is 1. The van der Waals surface area contributed by atoms with Gasteiger partial charge in [0.2, 0.25) is 0 Å². The zero-order valence-electron chi connectivity index (χ0n) is 11.9. The number of aliphatic hydroxyl groups is 1. The molecule has 1 N–H and O–H groups in total. The van der Waals surface area contributed by atoms with Crippen molar-refractivity contribution in [2.24, 2.45) is 0 Å². The molecule has 0 bridgehead atoms. The molecule has 2 rings (SSSR count). The average Bonchev–Trinajstić information content (AvgIpc) is 2.70. The van der Waals surface area contributed by atoms with Crippen molar-refractivity contribution in [1.82, 2.24) is 4.90 Å². The molecular weight excluding hydrogens is 253 g/mol. The molecule has 0 aromatic heterocycles. The van der Waals surface area contributed by atoms with Crippen LogP contribution in [0.5, 0.6) is 0 Å². The molecular formula is C17H22FNO. The van der Waals surface area contributed by atoms with Crippen molar-refractivity contribution in [2.75, 3.05) is 19.7 Å². The zero-order valence-corrected chi connectivity index (χ0v) is 11.9. The Balaban J connectivity index is 2.11. The molecule has 1 fully saturated rings. The molecule has 1 aliphatic rings. The summed E-state index contributed by atoms with van der Waals surface area (Å²) in [6, 6.07) is 4.84. The van der Waals surface area contributed by atoms with Crippen LogP contribution in [0.3, 0.4) is 0 Å². The number of rotatable bonds is 3. The van der Waals surface area contributed by atoms with E-state index < -0.39 is 0 Å². The van der Waals surface area contributed by atoms with E-state index in [0.29, 0.717) is 6.42 Å². The Hall–Kier alpha value is -1.37. The topological polar surface area (TPSA) is 23.5 Å². The van der Waals surface area contributed by atoms with Crippen LogP contribution in [0, 0.1) is 17.7 Å². The second-order valence-electron chi connectivity index (χ2n) is 5.27. The Kier molecular flexibility index (Phi) is 6.04. The highest BCUT2D eigenvalue weighted by molar-refractivity contribution is 5.41. The van der Waals surface area contributed by atoms with Gasteiger partial charge in [-0.3, -0.25) is 4.90 Å². The molecule has 1 aromatic rings. The molecule has 108 valence electrons. The monoisotopic (exact) mass is 275 g/mol. The van der Waals surface area contributed by atoms with Crippen LogP contribution in [0.15, 0.2) is 18.2 Å². The van der Waals surface area contributed by atoms with Gasteiger partial charge in [0.25, 0.3) is 0 Å². The van der Waals surface area contributed by atoms with Gasteiger partial charge in [-0.25, -0.2) is 4.39 Å². The number of hydrogen-bond acceptors (Lipinski definition) is 2. The van der Waals surface area contributed by atoms with Crippen LogP contribution in [0.25, 0.3) is 0 Å². The number of likely N-dealkylation sites (tertiary alicyclic amines) is 1. The fraction of sp³-hybridized carbons (Fsp3) is 0.529. The maximum Gasteiger partial charge on any atom is 0.124 e. The second kappa shape index (κ2) is 8.04. The molecule has 1 aliphatic heterocycles. The van der Waals surface area contributed by atoms with Crippen molar-refractivity contribution < 1.29 is 9.50 Å². The van der Waals surface area contributed by atoms with Crippen LogP contribution in [0.2, 0.25) is 0 Å². The summed E-state index contributed by atoms with van der Waals surface area (Å²) in [6.07, 6.45) is 5.53. The third-order valence-electron chi connectivity index (χ3n) is 3.62. The van der Waals surface area contributed by atoms with E-state index >= 15 is 0 Å². The Bertz CT molecular complexity index is 481. The molecule has 0 spiro atoms. The van der Waals surface area contributed by atoms with Crippen molar-refractivity contribution in [3.8, 4) is 11.8 Å². The number of halogens is 1. The molecule has 1 saturated heterocycles. The van der Waals surface area contributed by atoms with Crippen LogP contribution in [-0.4, -0.2) is 29.7 Å². The van der Waals surface area contributed by atoms with Gasteiger partial charge < -0.3 is 5.11 Å². The predicted octanol–water partition coefficient (Wildman–Crippen LogP) is 2.94. The van der Waals surface area contributed by atoms with Crippen molar-refractivity contribution in [2.45, 2.75) is 38.6 Å². The molecule has 2 nitrogen and oxygen atoms in total. The molecule has 0 amide bonds. The highest BCUT2D eigenvalue weighted by Crippen LogP contribution is 2.16. The number of benzene rings is 1. The molecule has 1 heterocycles. The fourth-order valence-electron chi connectivity index (χ4n) is 2.55. The predicted molar refractivity (Wildman–Crippen MR) is 78.7 cm³/mol. The minimum absolute atomic E-state index is 0.0454. The lowest BCUT2D eigenvalue weighted by Crippen LogP contribution is -2.24. The summed E-state index contributed by atoms with van der Waals surface area (Å²) in [6.45, 7) is 3.11. The van der Waals surface area contributed by atoms with Crippen LogP contribution < -0.4 is 0 Å². The molecule has 3 heteroatoms. The first-order valence-corrected chi connectivity index (χ1v) is 7.40. The first-order valence-electron chi connectivity index (χ1n) is 7.40. The lowest BCUT2D eigenvalue weighted by molar-refractivity contribution is 0.276. The van der Waals surface area contributed by atoms with Crippen molar-refractivity contribution in [3.63, 3.8) is 0 Å². The van der Waals surface area contributed by atoms with Gasteiger partial charge in [0, 0.05) is 18.5 Å². The minimum atomic E-state index is -0.252. The summed E-state index contributed by atoms with van der Waals surface area (Å²) in [7, 11) is 0. The summed E-state index contributed by atoms with van der Waals surface area (Å²) in [5.74, 6) is 5.61. The highest BCUT2D eigenvalue weighted by atomic mass is 19.1. The Labute approximate surface area is 120 Å². The zero-order chi connectivity index (χ0) is 14.2. The van der Waals surface area contributed by atoms with E-state index in [0.717, 1.165) is 30.8 Å². The van der Waals surface area contributed by atoms with E-state index in [1.54, 1.807) is 0 Å². The second-order valence-corrected chi connectivity index (χ2v) is 5.27. The number of hydrogen-bond donors (Lipinski definition) is 1. The average molecular weight is 275 g/mol. The molecule has 0 aliphatic carbocycles. The fourth-order valence-corrected chi connectivity index (χ4v) is 2.55. The smallest absolute Gasteiger partial charge is 0.124 e. The lowest BCUT2D eigenvalue weighted by Gasteiger charge is -2.20. The van der Waals surface area contributed by atoms with Gasteiger partial charge in [-0.1, -0.05) is 30.7 Å². The summed E-state index contributed by atoms with van der Waals surface area (Å²) >= 11 is 0. The van der Waals surface area contributed by atoms with Gasteiger partial charge in [0.15, 0.2) is 0 Å². The summed E-state index contributed by atoms with van der Waals surface area (Å²) < 4.78 is 13.4. The van der Waals surface area contributed by atoms with E-state index in [2.05, 4.69) is 16.7 Å². The first-order chi connectivity index (χ1) is 9.79. The molecule has 20 heavy (non-hydrogen) atoms. The third-order valence-corrected chi connectivity index (χ3v) is 3.62. The van der Waals surface area contributed by atoms with E-state index in [9.17, 15) is 4.39 Å². The Morgan fingerprint density at radius 2 is 1.90 bits per heavy atom. The Morgan fingerprint density at radius 3 is 2.60 bits per heavy atom. The molecule has 0 atom stereocenters. The SMILES string of the molecule is OCCC#Cc1cc(F)ccc1CN1CCCCCC1. The largest absolute Gasteiger partial charge is 0.395 e. The molecule has 0 radical (unpaired) electrons. The maximum absolute atomic E-state index is 13.4. The lowest BCUT2D eigenvalue weighted by atomic mass is 10.1. The standard InChI is InChI=1S/C17H22FNO/c18-17-9-8-16(15(13-17)7-3-6-12-20)14-19-10-4-1-2-5-11-19/h8-9,13,20H,1-2,4-6,10-12,14H2. The first kappa shape index (κ1) is 15.0. The van der Waals surface area contributed by atoms with E-state index in [-0.39, 0.29) is 12.4 Å². The van der Waals surface area contributed by atoms with Gasteiger partial charge in [0.1, 0.15) is 5.82 Å². The molecule has 0 unspecified atom stereocenters. The van der Waals surface area contributed by atoms with Crippen molar-refractivity contribution in [1.29, 1.82) is 0 Å². The summed E-state index contributed by atoms with van der Waals surface area (Å²) in [4.78, 5) is 2.43. The normalized spacial score (nSPS) is 16.3. The van der Waals surface area contributed by atoms with E-state index in [4.69, 9.17) is 5.11 Å². The highest BCUT2D eigenvalue weighted by Gasteiger charge is 2.11. The van der Waals surface area contributed by atoms with E-state index in [1.807, 2.05) is 6.07 Å². The molecule has 1 aromatic carbocycles. The van der Waals surface area contributed by atoms with Crippen LogP contribution in [-0.2, 0) is 6.54 Å². The van der Waals surface area contributed by atoms with Gasteiger partial charge in [-0.05, 0) is 43.6 Å². The van der Waals surface area contributed by atoms with Crippen molar-refractivity contribution >= 4 is 0 Å². The van der Waals surface area contributed by atoms with Crippen molar-refractivity contribution in [3.05, 3.63) is 35.1 Å². The summed E-state index contributed by atoms with van der Waals surface area (Å²) in [5.41, 5.74) is 1.83. The Morgan fingerprint density at radius 1 is 1.15 bits per heavy atom. The quantitative estimate of drug-likeness (QED) is 0.857. The van der Waals surface area contributed by atoms with Gasteiger partial charge >= 0.3 is 0 Å².